The fourth-order valence-corrected chi connectivity index (χ4v) is 2.47. The molecule has 0 saturated heterocycles. The Balaban J connectivity index is 2.34. The van der Waals surface area contributed by atoms with E-state index in [2.05, 4.69) is 30.9 Å². The first-order valence-electron chi connectivity index (χ1n) is 5.60. The summed E-state index contributed by atoms with van der Waals surface area (Å²) in [6.45, 7) is 0. The smallest absolute Gasteiger partial charge is 0.225 e. The van der Waals surface area contributed by atoms with Crippen molar-refractivity contribution < 1.29 is 0 Å². The molecule has 94 valence electrons. The Kier molecular flexibility index (Phi) is 2.79. The van der Waals surface area contributed by atoms with Crippen molar-refractivity contribution in [3.63, 3.8) is 0 Å². The summed E-state index contributed by atoms with van der Waals surface area (Å²) >= 11 is 3.53. The molecule has 0 fully saturated rings. The number of anilines is 2. The lowest BCUT2D eigenvalue weighted by Crippen LogP contribution is -2.04. The SMILES string of the molecule is Nc1nc(N)nc(-c2ccc(Br)c3ccccc23)n1. The van der Waals surface area contributed by atoms with E-state index in [-0.39, 0.29) is 11.9 Å². The van der Waals surface area contributed by atoms with E-state index in [1.807, 2.05) is 36.4 Å². The number of halogens is 1. The van der Waals surface area contributed by atoms with E-state index in [1.165, 1.54) is 0 Å². The van der Waals surface area contributed by atoms with Crippen LogP contribution in [0.1, 0.15) is 0 Å². The molecule has 0 radical (unpaired) electrons. The normalized spacial score (nSPS) is 10.8. The van der Waals surface area contributed by atoms with Crippen molar-refractivity contribution in [2.45, 2.75) is 0 Å². The Morgan fingerprint density at radius 2 is 1.42 bits per heavy atom. The van der Waals surface area contributed by atoms with Gasteiger partial charge in [-0.05, 0) is 22.9 Å². The van der Waals surface area contributed by atoms with Gasteiger partial charge in [0.05, 0.1) is 0 Å². The molecule has 1 heterocycles. The Morgan fingerprint density at radius 3 is 2.11 bits per heavy atom. The lowest BCUT2D eigenvalue weighted by Gasteiger charge is -2.07. The minimum absolute atomic E-state index is 0.120. The number of nitrogen functional groups attached to an aromatic ring is 2. The molecule has 19 heavy (non-hydrogen) atoms. The molecule has 3 aromatic rings. The second kappa shape index (κ2) is 4.47. The fraction of sp³-hybridized carbons (Fsp3) is 0. The zero-order chi connectivity index (χ0) is 13.4. The standard InChI is InChI=1S/C13H10BrN5/c14-10-6-5-9(7-3-1-2-4-8(7)10)11-17-12(15)19-13(16)18-11/h1-6H,(H4,15,16,17,18,19). The largest absolute Gasteiger partial charge is 0.368 e. The highest BCUT2D eigenvalue weighted by atomic mass is 79.9. The van der Waals surface area contributed by atoms with Crippen LogP contribution in [0.2, 0.25) is 0 Å². The van der Waals surface area contributed by atoms with E-state index < -0.39 is 0 Å². The maximum absolute atomic E-state index is 5.62. The summed E-state index contributed by atoms with van der Waals surface area (Å²) < 4.78 is 1.02. The number of aromatic nitrogens is 3. The van der Waals surface area contributed by atoms with Gasteiger partial charge in [-0.2, -0.15) is 15.0 Å². The van der Waals surface area contributed by atoms with Crippen molar-refractivity contribution in [3.05, 3.63) is 40.9 Å². The quantitative estimate of drug-likeness (QED) is 0.720. The minimum atomic E-state index is 0.120. The van der Waals surface area contributed by atoms with Crippen LogP contribution in [0.15, 0.2) is 40.9 Å². The van der Waals surface area contributed by atoms with E-state index in [0.717, 1.165) is 20.8 Å². The number of rotatable bonds is 1. The number of nitrogens with two attached hydrogens (primary N) is 2. The van der Waals surface area contributed by atoms with Crippen LogP contribution in [-0.4, -0.2) is 15.0 Å². The van der Waals surface area contributed by atoms with Gasteiger partial charge < -0.3 is 11.5 Å². The molecule has 0 unspecified atom stereocenters. The van der Waals surface area contributed by atoms with Crippen LogP contribution >= 0.6 is 15.9 Å². The van der Waals surface area contributed by atoms with Gasteiger partial charge in [0.15, 0.2) is 5.82 Å². The number of hydrogen-bond acceptors (Lipinski definition) is 5. The molecule has 2 aromatic carbocycles. The van der Waals surface area contributed by atoms with Crippen molar-refractivity contribution in [1.29, 1.82) is 0 Å². The van der Waals surface area contributed by atoms with Gasteiger partial charge in [0, 0.05) is 10.0 Å². The summed E-state index contributed by atoms with van der Waals surface area (Å²) in [5.41, 5.74) is 12.1. The zero-order valence-electron chi connectivity index (χ0n) is 9.84. The molecule has 6 heteroatoms. The Morgan fingerprint density at radius 1 is 0.789 bits per heavy atom. The monoisotopic (exact) mass is 315 g/mol. The first kappa shape index (κ1) is 11.9. The van der Waals surface area contributed by atoms with E-state index >= 15 is 0 Å². The molecule has 0 aliphatic rings. The van der Waals surface area contributed by atoms with Gasteiger partial charge in [0.2, 0.25) is 11.9 Å². The highest BCUT2D eigenvalue weighted by Crippen LogP contribution is 2.31. The van der Waals surface area contributed by atoms with Gasteiger partial charge in [0.25, 0.3) is 0 Å². The maximum atomic E-state index is 5.62. The van der Waals surface area contributed by atoms with Crippen molar-refractivity contribution in [2.24, 2.45) is 0 Å². The summed E-state index contributed by atoms with van der Waals surface area (Å²) in [7, 11) is 0. The predicted molar refractivity (Wildman–Crippen MR) is 79.3 cm³/mol. The van der Waals surface area contributed by atoms with Crippen molar-refractivity contribution in [2.75, 3.05) is 11.5 Å². The van der Waals surface area contributed by atoms with Crippen LogP contribution in [0.25, 0.3) is 22.2 Å². The Bertz CT molecular complexity index is 752. The summed E-state index contributed by atoms with van der Waals surface area (Å²) in [6, 6.07) is 11.9. The fourth-order valence-electron chi connectivity index (χ4n) is 1.99. The topological polar surface area (TPSA) is 90.7 Å². The molecule has 0 aliphatic heterocycles. The van der Waals surface area contributed by atoms with E-state index in [9.17, 15) is 0 Å². The van der Waals surface area contributed by atoms with Gasteiger partial charge in [-0.1, -0.05) is 40.2 Å². The predicted octanol–water partition coefficient (Wildman–Crippen LogP) is 2.62. The third kappa shape index (κ3) is 2.10. The van der Waals surface area contributed by atoms with E-state index in [0.29, 0.717) is 5.82 Å². The van der Waals surface area contributed by atoms with Gasteiger partial charge >= 0.3 is 0 Å². The number of fused-ring (bicyclic) bond motifs is 1. The third-order valence-corrected chi connectivity index (χ3v) is 3.47. The summed E-state index contributed by atoms with van der Waals surface area (Å²) in [5.74, 6) is 0.720. The van der Waals surface area contributed by atoms with Crippen LogP contribution in [0.4, 0.5) is 11.9 Å². The van der Waals surface area contributed by atoms with Crippen LogP contribution in [0.3, 0.4) is 0 Å². The van der Waals surface area contributed by atoms with Crippen LogP contribution in [0.5, 0.6) is 0 Å². The molecule has 1 aromatic heterocycles. The van der Waals surface area contributed by atoms with Crippen LogP contribution < -0.4 is 11.5 Å². The molecule has 4 N–H and O–H groups in total. The van der Waals surface area contributed by atoms with E-state index in [4.69, 9.17) is 11.5 Å². The molecular weight excluding hydrogens is 306 g/mol. The van der Waals surface area contributed by atoms with E-state index in [1.54, 1.807) is 0 Å². The van der Waals surface area contributed by atoms with Crippen LogP contribution in [0, 0.1) is 0 Å². The Hall–Kier alpha value is -2.21. The average molecular weight is 316 g/mol. The summed E-state index contributed by atoms with van der Waals surface area (Å²) in [6.07, 6.45) is 0. The Labute approximate surface area is 117 Å². The molecule has 5 nitrogen and oxygen atoms in total. The number of nitrogens with zero attached hydrogens (tertiary/aromatic N) is 3. The highest BCUT2D eigenvalue weighted by Gasteiger charge is 2.10. The number of hydrogen-bond donors (Lipinski definition) is 2. The molecule has 0 bridgehead atoms. The van der Waals surface area contributed by atoms with Crippen molar-refractivity contribution in [3.8, 4) is 11.4 Å². The molecule has 0 aliphatic carbocycles. The first-order chi connectivity index (χ1) is 9.15. The molecule has 3 rings (SSSR count). The van der Waals surface area contributed by atoms with Crippen LogP contribution in [-0.2, 0) is 0 Å². The number of benzene rings is 2. The molecule has 0 saturated carbocycles. The van der Waals surface area contributed by atoms with Gasteiger partial charge in [0.1, 0.15) is 0 Å². The van der Waals surface area contributed by atoms with Gasteiger partial charge in [-0.15, -0.1) is 0 Å². The molecule has 0 atom stereocenters. The summed E-state index contributed by atoms with van der Waals surface area (Å²) in [4.78, 5) is 12.1. The third-order valence-electron chi connectivity index (χ3n) is 2.78. The highest BCUT2D eigenvalue weighted by molar-refractivity contribution is 9.10. The second-order valence-corrected chi connectivity index (χ2v) is 4.87. The van der Waals surface area contributed by atoms with Gasteiger partial charge in [-0.3, -0.25) is 0 Å². The second-order valence-electron chi connectivity index (χ2n) is 4.02. The molecule has 0 amide bonds. The lowest BCUT2D eigenvalue weighted by atomic mass is 10.0. The maximum Gasteiger partial charge on any atom is 0.225 e. The summed E-state index contributed by atoms with van der Waals surface area (Å²) in [5, 5.41) is 2.11. The van der Waals surface area contributed by atoms with Crippen molar-refractivity contribution in [1.82, 2.24) is 15.0 Å². The van der Waals surface area contributed by atoms with Gasteiger partial charge in [-0.25, -0.2) is 0 Å². The average Bonchev–Trinajstić information content (AvgIpc) is 2.38. The molecule has 0 spiro atoms. The first-order valence-corrected chi connectivity index (χ1v) is 6.39. The van der Waals surface area contributed by atoms with Crippen molar-refractivity contribution >= 4 is 38.6 Å². The molecular formula is C13H10BrN5. The minimum Gasteiger partial charge on any atom is -0.368 e. The lowest BCUT2D eigenvalue weighted by molar-refractivity contribution is 1.09. The zero-order valence-corrected chi connectivity index (χ0v) is 11.4.